The molecule has 21 heavy (non-hydrogen) atoms. The second-order valence-corrected chi connectivity index (χ2v) is 5.29. The minimum absolute atomic E-state index is 0.0631. The van der Waals surface area contributed by atoms with Gasteiger partial charge in [0.15, 0.2) is 5.78 Å². The normalized spacial score (nSPS) is 17.1. The lowest BCUT2D eigenvalue weighted by Crippen LogP contribution is -2.61. The van der Waals surface area contributed by atoms with Gasteiger partial charge in [-0.25, -0.2) is 4.79 Å². The van der Waals surface area contributed by atoms with Crippen molar-refractivity contribution in [2.75, 3.05) is 13.1 Å². The van der Waals surface area contributed by atoms with E-state index in [9.17, 15) is 14.4 Å². The van der Waals surface area contributed by atoms with E-state index in [4.69, 9.17) is 5.73 Å². The Bertz CT molecular complexity index is 549. The number of nitrogens with one attached hydrogen (secondary N) is 1. The number of amides is 3. The zero-order chi connectivity index (χ0) is 15.5. The van der Waals surface area contributed by atoms with Crippen LogP contribution in [0.4, 0.5) is 4.79 Å². The van der Waals surface area contributed by atoms with Crippen molar-refractivity contribution in [2.45, 2.75) is 25.3 Å². The third-order valence-corrected chi connectivity index (χ3v) is 3.96. The number of urea groups is 1. The van der Waals surface area contributed by atoms with E-state index in [0.717, 1.165) is 0 Å². The predicted octanol–water partition coefficient (Wildman–Crippen LogP) is 0.919. The number of carbonyl (C=O) groups excluding carboxylic acids is 3. The molecule has 1 saturated heterocycles. The van der Waals surface area contributed by atoms with Crippen molar-refractivity contribution in [1.82, 2.24) is 10.2 Å². The van der Waals surface area contributed by atoms with Crippen molar-refractivity contribution in [3.8, 4) is 0 Å². The molecular formula is C15H19N3O3. The first-order valence-electron chi connectivity index (χ1n) is 6.87. The monoisotopic (exact) mass is 289 g/mol. The molecule has 1 heterocycles. The minimum Gasteiger partial charge on any atom is -0.352 e. The first kappa shape index (κ1) is 15.0. The van der Waals surface area contributed by atoms with Gasteiger partial charge < -0.3 is 16.0 Å². The van der Waals surface area contributed by atoms with Crippen molar-refractivity contribution < 1.29 is 14.4 Å². The minimum atomic E-state index is -0.945. The van der Waals surface area contributed by atoms with E-state index < -0.39 is 11.6 Å². The van der Waals surface area contributed by atoms with Crippen molar-refractivity contribution in [3.63, 3.8) is 0 Å². The number of primary amides is 1. The van der Waals surface area contributed by atoms with Crippen LogP contribution in [0.15, 0.2) is 30.3 Å². The Kier molecular flexibility index (Phi) is 4.26. The van der Waals surface area contributed by atoms with Gasteiger partial charge in [0.1, 0.15) is 5.54 Å². The summed E-state index contributed by atoms with van der Waals surface area (Å²) in [6, 6.07) is 8.28. The van der Waals surface area contributed by atoms with E-state index >= 15 is 0 Å². The first-order valence-corrected chi connectivity index (χ1v) is 6.87. The van der Waals surface area contributed by atoms with Gasteiger partial charge in [-0.05, 0) is 31.9 Å². The van der Waals surface area contributed by atoms with Crippen LogP contribution in [0.1, 0.15) is 30.1 Å². The largest absolute Gasteiger partial charge is 0.352 e. The zero-order valence-corrected chi connectivity index (χ0v) is 12.0. The SMILES string of the molecule is CC(=O)C1(NC(N)=O)CCN(C(=O)c2ccccc2)CC1. The second kappa shape index (κ2) is 5.95. The molecule has 1 fully saturated rings. The van der Waals surface area contributed by atoms with Crippen molar-refractivity contribution in [2.24, 2.45) is 5.73 Å². The molecule has 0 saturated carbocycles. The Morgan fingerprint density at radius 1 is 1.14 bits per heavy atom. The number of nitrogens with zero attached hydrogens (tertiary/aromatic N) is 1. The number of likely N-dealkylation sites (tertiary alicyclic amines) is 1. The quantitative estimate of drug-likeness (QED) is 0.866. The summed E-state index contributed by atoms with van der Waals surface area (Å²) < 4.78 is 0. The van der Waals surface area contributed by atoms with Gasteiger partial charge in [-0.3, -0.25) is 9.59 Å². The van der Waals surface area contributed by atoms with Crippen LogP contribution in [0.25, 0.3) is 0 Å². The fraction of sp³-hybridized carbons (Fsp3) is 0.400. The maximum atomic E-state index is 12.3. The summed E-state index contributed by atoms with van der Waals surface area (Å²) in [4.78, 5) is 36.9. The van der Waals surface area contributed by atoms with E-state index in [1.54, 1.807) is 17.0 Å². The van der Waals surface area contributed by atoms with Gasteiger partial charge in [0, 0.05) is 18.7 Å². The number of carbonyl (C=O) groups is 3. The lowest BCUT2D eigenvalue weighted by atomic mass is 9.84. The molecule has 2 rings (SSSR count). The van der Waals surface area contributed by atoms with Crippen LogP contribution in [0, 0.1) is 0 Å². The highest BCUT2D eigenvalue weighted by Crippen LogP contribution is 2.24. The molecule has 0 bridgehead atoms. The number of hydrogen-bond acceptors (Lipinski definition) is 3. The Morgan fingerprint density at radius 2 is 1.71 bits per heavy atom. The highest BCUT2D eigenvalue weighted by Gasteiger charge is 2.40. The summed E-state index contributed by atoms with van der Waals surface area (Å²) in [5.41, 5.74) is 4.82. The molecule has 1 aliphatic rings. The number of rotatable bonds is 3. The Balaban J connectivity index is 2.07. The van der Waals surface area contributed by atoms with Crippen molar-refractivity contribution in [1.29, 1.82) is 0 Å². The average molecular weight is 289 g/mol. The Morgan fingerprint density at radius 3 is 2.19 bits per heavy atom. The standard InChI is InChI=1S/C15H19N3O3/c1-11(19)15(17-14(16)21)7-9-18(10-8-15)13(20)12-5-3-2-4-6-12/h2-6H,7-10H2,1H3,(H3,16,17,21). The average Bonchev–Trinajstić information content (AvgIpc) is 2.47. The molecule has 0 atom stereocenters. The lowest BCUT2D eigenvalue weighted by Gasteiger charge is -2.40. The second-order valence-electron chi connectivity index (χ2n) is 5.29. The predicted molar refractivity (Wildman–Crippen MR) is 77.7 cm³/mol. The van der Waals surface area contributed by atoms with Crippen LogP contribution in [0.3, 0.4) is 0 Å². The summed E-state index contributed by atoms with van der Waals surface area (Å²) in [6.07, 6.45) is 0.758. The number of piperidine rings is 1. The number of ketones is 1. The molecule has 1 aromatic rings. The maximum absolute atomic E-state index is 12.3. The highest BCUT2D eigenvalue weighted by atomic mass is 16.2. The molecule has 3 N–H and O–H groups in total. The third kappa shape index (κ3) is 3.21. The van der Waals surface area contributed by atoms with E-state index in [2.05, 4.69) is 5.32 Å². The van der Waals surface area contributed by atoms with E-state index in [-0.39, 0.29) is 11.7 Å². The van der Waals surface area contributed by atoms with E-state index in [0.29, 0.717) is 31.5 Å². The maximum Gasteiger partial charge on any atom is 0.312 e. The molecule has 0 unspecified atom stereocenters. The van der Waals surface area contributed by atoms with Crippen molar-refractivity contribution in [3.05, 3.63) is 35.9 Å². The summed E-state index contributed by atoms with van der Waals surface area (Å²) in [5, 5.41) is 2.55. The van der Waals surface area contributed by atoms with Gasteiger partial charge in [-0.1, -0.05) is 18.2 Å². The smallest absolute Gasteiger partial charge is 0.312 e. The Hall–Kier alpha value is -2.37. The molecule has 0 radical (unpaired) electrons. The molecular weight excluding hydrogens is 270 g/mol. The number of hydrogen-bond donors (Lipinski definition) is 2. The summed E-state index contributed by atoms with van der Waals surface area (Å²) in [5.74, 6) is -0.195. The molecule has 1 aliphatic heterocycles. The number of Topliss-reactive ketones (excluding diaryl/α,β-unsaturated/α-hetero) is 1. The number of nitrogens with two attached hydrogens (primary N) is 1. The van der Waals surface area contributed by atoms with Crippen LogP contribution in [0.5, 0.6) is 0 Å². The summed E-state index contributed by atoms with van der Waals surface area (Å²) >= 11 is 0. The molecule has 0 spiro atoms. The fourth-order valence-corrected chi connectivity index (χ4v) is 2.66. The first-order chi connectivity index (χ1) is 9.94. The molecule has 3 amide bonds. The van der Waals surface area contributed by atoms with Crippen LogP contribution in [-0.4, -0.2) is 41.2 Å². The van der Waals surface area contributed by atoms with Crippen LogP contribution < -0.4 is 11.1 Å². The summed E-state index contributed by atoms with van der Waals surface area (Å²) in [7, 11) is 0. The van der Waals surface area contributed by atoms with Gasteiger partial charge >= 0.3 is 6.03 Å². The van der Waals surface area contributed by atoms with Crippen LogP contribution in [0.2, 0.25) is 0 Å². The van der Waals surface area contributed by atoms with Gasteiger partial charge in [-0.2, -0.15) is 0 Å². The third-order valence-electron chi connectivity index (χ3n) is 3.96. The molecule has 0 aromatic heterocycles. The van der Waals surface area contributed by atoms with Crippen LogP contribution in [-0.2, 0) is 4.79 Å². The van der Waals surface area contributed by atoms with E-state index in [1.807, 2.05) is 18.2 Å². The molecule has 0 aliphatic carbocycles. The van der Waals surface area contributed by atoms with Crippen LogP contribution >= 0.6 is 0 Å². The van der Waals surface area contributed by atoms with Gasteiger partial charge in [-0.15, -0.1) is 0 Å². The highest BCUT2D eigenvalue weighted by molar-refractivity contribution is 5.95. The molecule has 6 nitrogen and oxygen atoms in total. The zero-order valence-electron chi connectivity index (χ0n) is 12.0. The molecule has 6 heteroatoms. The summed E-state index contributed by atoms with van der Waals surface area (Å²) in [6.45, 7) is 2.26. The Labute approximate surface area is 123 Å². The van der Waals surface area contributed by atoms with Crippen molar-refractivity contribution >= 4 is 17.7 Å². The molecule has 112 valence electrons. The van der Waals surface area contributed by atoms with E-state index in [1.165, 1.54) is 6.92 Å². The van der Waals surface area contributed by atoms with Gasteiger partial charge in [0.2, 0.25) is 0 Å². The van der Waals surface area contributed by atoms with Gasteiger partial charge in [0.05, 0.1) is 0 Å². The fourth-order valence-electron chi connectivity index (χ4n) is 2.66. The topological polar surface area (TPSA) is 92.5 Å². The number of benzene rings is 1. The van der Waals surface area contributed by atoms with Gasteiger partial charge in [0.25, 0.3) is 5.91 Å². The molecule has 1 aromatic carbocycles. The lowest BCUT2D eigenvalue weighted by molar-refractivity contribution is -0.124.